The summed E-state index contributed by atoms with van der Waals surface area (Å²) in [6.07, 6.45) is 5.96. The molecule has 0 aliphatic rings. The average Bonchev–Trinajstić information content (AvgIpc) is 2.04. The molecule has 0 heterocycles. The number of alkyl halides is 2. The third-order valence-corrected chi connectivity index (χ3v) is 3.07. The van der Waals surface area contributed by atoms with Gasteiger partial charge in [-0.15, -0.1) is 0 Å². The maximum atomic E-state index is 5.56. The van der Waals surface area contributed by atoms with Gasteiger partial charge < -0.3 is 4.74 Å². The Labute approximate surface area is 98.9 Å². The van der Waals surface area contributed by atoms with Gasteiger partial charge in [0.15, 0.2) is 0 Å². The molecule has 0 radical (unpaired) electrons. The van der Waals surface area contributed by atoms with Gasteiger partial charge in [0.25, 0.3) is 0 Å². The summed E-state index contributed by atoms with van der Waals surface area (Å²) in [5.41, 5.74) is 0. The number of rotatable bonds is 8. The molecule has 13 heavy (non-hydrogen) atoms. The molecule has 0 aromatic heterocycles. The van der Waals surface area contributed by atoms with Crippen molar-refractivity contribution in [3.05, 3.63) is 0 Å². The van der Waals surface area contributed by atoms with E-state index in [0.717, 1.165) is 26.1 Å². The second-order valence-corrected chi connectivity index (χ2v) is 7.47. The number of hydrogen-bond donors (Lipinski definition) is 0. The van der Waals surface area contributed by atoms with E-state index in [9.17, 15) is 0 Å². The molecular weight excluding hydrogens is 296 g/mol. The van der Waals surface area contributed by atoms with Crippen LogP contribution in [0, 0.1) is 0 Å². The van der Waals surface area contributed by atoms with Crippen LogP contribution in [0.25, 0.3) is 0 Å². The van der Waals surface area contributed by atoms with Gasteiger partial charge in [-0.1, -0.05) is 65.0 Å². The highest BCUT2D eigenvalue weighted by molar-refractivity contribution is 9.25. The van der Waals surface area contributed by atoms with Gasteiger partial charge in [0.1, 0.15) is 3.23 Å². The average molecular weight is 316 g/mol. The minimum atomic E-state index is 0.000957. The molecule has 1 nitrogen and oxygen atoms in total. The van der Waals surface area contributed by atoms with Crippen LogP contribution in [-0.2, 0) is 4.74 Å². The zero-order valence-corrected chi connectivity index (χ0v) is 11.8. The van der Waals surface area contributed by atoms with E-state index in [1.54, 1.807) is 0 Å². The van der Waals surface area contributed by atoms with Crippen molar-refractivity contribution in [3.8, 4) is 0 Å². The fourth-order valence-corrected chi connectivity index (χ4v) is 2.23. The van der Waals surface area contributed by atoms with Gasteiger partial charge >= 0.3 is 0 Å². The van der Waals surface area contributed by atoms with Gasteiger partial charge in [0.05, 0.1) is 6.61 Å². The number of hydrogen-bond acceptors (Lipinski definition) is 1. The Morgan fingerprint density at radius 3 is 2.31 bits per heavy atom. The lowest BCUT2D eigenvalue weighted by atomic mass is 10.2. The van der Waals surface area contributed by atoms with Crippen LogP contribution in [0.15, 0.2) is 0 Å². The highest BCUT2D eigenvalue weighted by Crippen LogP contribution is 2.31. The van der Waals surface area contributed by atoms with Gasteiger partial charge in [-0.25, -0.2) is 0 Å². The molecule has 0 saturated heterocycles. The largest absolute Gasteiger partial charge is 0.379 e. The Kier molecular flexibility index (Phi) is 8.83. The summed E-state index contributed by atoms with van der Waals surface area (Å²) in [6.45, 7) is 6.02. The van der Waals surface area contributed by atoms with Crippen molar-refractivity contribution in [2.75, 3.05) is 13.2 Å². The molecule has 0 aromatic rings. The third kappa shape index (κ3) is 9.23. The monoisotopic (exact) mass is 314 g/mol. The molecular formula is C10H20Br2O. The molecule has 0 unspecified atom stereocenters. The lowest BCUT2D eigenvalue weighted by molar-refractivity contribution is 0.126. The van der Waals surface area contributed by atoms with Crippen LogP contribution in [0.5, 0.6) is 0 Å². The summed E-state index contributed by atoms with van der Waals surface area (Å²) >= 11 is 7.21. The molecule has 0 spiro atoms. The summed E-state index contributed by atoms with van der Waals surface area (Å²) in [4.78, 5) is 0. The van der Waals surface area contributed by atoms with E-state index in [0.29, 0.717) is 0 Å². The smallest absolute Gasteiger partial charge is 0.104 e. The Hall–Kier alpha value is 0.920. The molecule has 0 aromatic carbocycles. The molecule has 0 N–H and O–H groups in total. The van der Waals surface area contributed by atoms with Gasteiger partial charge in [-0.3, -0.25) is 0 Å². The molecule has 0 amide bonds. The quantitative estimate of drug-likeness (QED) is 0.474. The second-order valence-electron chi connectivity index (χ2n) is 3.37. The summed E-state index contributed by atoms with van der Waals surface area (Å²) in [5, 5.41) is 0. The summed E-state index contributed by atoms with van der Waals surface area (Å²) in [7, 11) is 0. The van der Waals surface area contributed by atoms with E-state index in [2.05, 4.69) is 45.7 Å². The molecule has 0 bridgehead atoms. The van der Waals surface area contributed by atoms with Crippen LogP contribution in [0.3, 0.4) is 0 Å². The Balaban J connectivity index is 3.29. The zero-order valence-electron chi connectivity index (χ0n) is 8.61. The highest BCUT2D eigenvalue weighted by Gasteiger charge is 2.21. The predicted octanol–water partition coefficient (Wildman–Crippen LogP) is 4.48. The topological polar surface area (TPSA) is 9.23 Å². The van der Waals surface area contributed by atoms with Crippen LogP contribution in [0.1, 0.15) is 46.0 Å². The first-order valence-corrected chi connectivity index (χ1v) is 6.66. The van der Waals surface area contributed by atoms with Crippen molar-refractivity contribution in [2.45, 2.75) is 49.2 Å². The summed E-state index contributed by atoms with van der Waals surface area (Å²) in [6, 6.07) is 0. The Morgan fingerprint density at radius 2 is 1.77 bits per heavy atom. The van der Waals surface area contributed by atoms with Gasteiger partial charge in [-0.05, 0) is 12.8 Å². The minimum absolute atomic E-state index is 0.000957. The fraction of sp³-hybridized carbons (Fsp3) is 1.00. The molecule has 0 fully saturated rings. The third-order valence-electron chi connectivity index (χ3n) is 1.82. The normalized spacial score (nSPS) is 12.0. The second kappa shape index (κ2) is 8.25. The Morgan fingerprint density at radius 1 is 1.08 bits per heavy atom. The molecule has 0 atom stereocenters. The van der Waals surface area contributed by atoms with E-state index in [1.165, 1.54) is 19.3 Å². The maximum Gasteiger partial charge on any atom is 0.104 e. The van der Waals surface area contributed by atoms with E-state index < -0.39 is 0 Å². The zero-order chi connectivity index (χ0) is 10.2. The van der Waals surface area contributed by atoms with E-state index >= 15 is 0 Å². The van der Waals surface area contributed by atoms with E-state index in [1.807, 2.05) is 0 Å². The molecule has 0 rings (SSSR count). The first-order chi connectivity index (χ1) is 6.12. The standard InChI is InChI=1S/C10H20Br2O/c1-3-5-6-8-13-9-10(11,12)7-4-2/h3-9H2,1-2H3. The van der Waals surface area contributed by atoms with Crippen molar-refractivity contribution < 1.29 is 4.74 Å². The predicted molar refractivity (Wildman–Crippen MR) is 65.8 cm³/mol. The van der Waals surface area contributed by atoms with Gasteiger partial charge in [-0.2, -0.15) is 0 Å². The first kappa shape index (κ1) is 13.9. The number of halogens is 2. The van der Waals surface area contributed by atoms with E-state index in [-0.39, 0.29) is 3.23 Å². The van der Waals surface area contributed by atoms with Crippen molar-refractivity contribution in [3.63, 3.8) is 0 Å². The molecule has 0 aliphatic heterocycles. The van der Waals surface area contributed by atoms with E-state index in [4.69, 9.17) is 4.74 Å². The van der Waals surface area contributed by atoms with Crippen molar-refractivity contribution in [1.82, 2.24) is 0 Å². The van der Waals surface area contributed by atoms with Crippen molar-refractivity contribution >= 4 is 31.9 Å². The van der Waals surface area contributed by atoms with Crippen LogP contribution < -0.4 is 0 Å². The first-order valence-electron chi connectivity index (χ1n) is 5.08. The van der Waals surface area contributed by atoms with Crippen LogP contribution in [-0.4, -0.2) is 16.4 Å². The molecule has 80 valence electrons. The molecule has 0 saturated carbocycles. The molecule has 3 heteroatoms. The number of ether oxygens (including phenoxy) is 1. The van der Waals surface area contributed by atoms with Crippen LogP contribution in [0.4, 0.5) is 0 Å². The van der Waals surface area contributed by atoms with Gasteiger partial charge in [0.2, 0.25) is 0 Å². The van der Waals surface area contributed by atoms with Crippen LogP contribution >= 0.6 is 31.9 Å². The summed E-state index contributed by atoms with van der Waals surface area (Å²) in [5.74, 6) is 0. The maximum absolute atomic E-state index is 5.56. The molecule has 0 aliphatic carbocycles. The lowest BCUT2D eigenvalue weighted by Gasteiger charge is -2.19. The lowest BCUT2D eigenvalue weighted by Crippen LogP contribution is -2.19. The minimum Gasteiger partial charge on any atom is -0.379 e. The number of unbranched alkanes of at least 4 members (excludes halogenated alkanes) is 2. The van der Waals surface area contributed by atoms with Gasteiger partial charge in [0, 0.05) is 6.61 Å². The SMILES string of the molecule is CCCCCOCC(Br)(Br)CCC. The van der Waals surface area contributed by atoms with Crippen molar-refractivity contribution in [2.24, 2.45) is 0 Å². The Bertz CT molecular complexity index is 115. The van der Waals surface area contributed by atoms with Crippen molar-refractivity contribution in [1.29, 1.82) is 0 Å². The fourth-order valence-electron chi connectivity index (χ4n) is 1.11. The highest BCUT2D eigenvalue weighted by atomic mass is 79.9. The van der Waals surface area contributed by atoms with Crippen LogP contribution in [0.2, 0.25) is 0 Å². The summed E-state index contributed by atoms with van der Waals surface area (Å²) < 4.78 is 5.56.